The monoisotopic (exact) mass is 451 g/mol. The number of alkyl halides is 3. The second-order valence-electron chi connectivity index (χ2n) is 7.46. The van der Waals surface area contributed by atoms with Crippen molar-refractivity contribution in [1.29, 1.82) is 0 Å². The Morgan fingerprint density at radius 2 is 1.73 bits per heavy atom. The fraction of sp³-hybridized carbons (Fsp3) is 0.200. The number of amides is 1. The van der Waals surface area contributed by atoms with E-state index in [9.17, 15) is 18.0 Å². The van der Waals surface area contributed by atoms with Crippen molar-refractivity contribution >= 4 is 11.9 Å². The number of halogens is 3. The van der Waals surface area contributed by atoms with Gasteiger partial charge in [-0.2, -0.15) is 13.2 Å². The lowest BCUT2D eigenvalue weighted by Gasteiger charge is -2.14. The topological polar surface area (TPSA) is 77.2 Å². The first-order chi connectivity index (χ1) is 15.8. The summed E-state index contributed by atoms with van der Waals surface area (Å²) in [6, 6.07) is 16.9. The molecular weight excluding hydrogens is 431 g/mol. The van der Waals surface area contributed by atoms with Crippen LogP contribution in [0.15, 0.2) is 60.8 Å². The lowest BCUT2D eigenvalue weighted by atomic mass is 9.98. The number of carbonyl (C=O) groups excluding carboxylic acids is 1. The van der Waals surface area contributed by atoms with Crippen LogP contribution in [0.2, 0.25) is 0 Å². The molecule has 0 fully saturated rings. The quantitative estimate of drug-likeness (QED) is 0.434. The third kappa shape index (κ3) is 4.93. The largest absolute Gasteiger partial charge is 0.449 e. The Hall–Kier alpha value is -3.99. The Balaban J connectivity index is 1.30. The average Bonchev–Trinajstić information content (AvgIpc) is 3.11. The van der Waals surface area contributed by atoms with Gasteiger partial charge in [-0.1, -0.05) is 60.4 Å². The smallest absolute Gasteiger partial charge is 0.417 e. The van der Waals surface area contributed by atoms with Gasteiger partial charge in [-0.3, -0.25) is 0 Å². The predicted octanol–water partition coefficient (Wildman–Crippen LogP) is 4.96. The second kappa shape index (κ2) is 9.25. The fourth-order valence-corrected chi connectivity index (χ4v) is 3.76. The Morgan fingerprint density at radius 3 is 2.36 bits per heavy atom. The number of nitrogens with two attached hydrogens (primary N) is 1. The molecule has 0 aliphatic heterocycles. The zero-order valence-electron chi connectivity index (χ0n) is 17.4. The number of ether oxygens (including phenoxy) is 1. The number of benzene rings is 2. The van der Waals surface area contributed by atoms with Crippen LogP contribution in [0, 0.1) is 11.8 Å². The van der Waals surface area contributed by atoms with E-state index in [4.69, 9.17) is 10.5 Å². The van der Waals surface area contributed by atoms with E-state index in [0.717, 1.165) is 28.3 Å². The summed E-state index contributed by atoms with van der Waals surface area (Å²) in [5, 5.41) is 2.60. The molecule has 4 rings (SSSR count). The van der Waals surface area contributed by atoms with Crippen LogP contribution in [0.1, 0.15) is 34.6 Å². The summed E-state index contributed by atoms with van der Waals surface area (Å²) in [4.78, 5) is 15.7. The van der Waals surface area contributed by atoms with Crippen molar-refractivity contribution in [3.8, 4) is 23.0 Å². The number of alkyl carbamates (subject to hydrolysis) is 1. The fourth-order valence-electron chi connectivity index (χ4n) is 3.76. The SMILES string of the molecule is Nc1ncc(C(F)(F)F)cc1C#CCCNC(=O)OCC1c2ccccc2-c2ccccc21. The Bertz CT molecular complexity index is 1200. The van der Waals surface area contributed by atoms with E-state index < -0.39 is 17.8 Å². The molecule has 3 aromatic rings. The molecule has 0 radical (unpaired) electrons. The van der Waals surface area contributed by atoms with E-state index in [1.807, 2.05) is 36.4 Å². The molecule has 0 unspecified atom stereocenters. The van der Waals surface area contributed by atoms with Crippen LogP contribution in [-0.2, 0) is 10.9 Å². The van der Waals surface area contributed by atoms with Gasteiger partial charge in [0.1, 0.15) is 12.4 Å². The number of fused-ring (bicyclic) bond motifs is 3. The molecule has 2 aromatic carbocycles. The molecule has 0 saturated heterocycles. The maximum Gasteiger partial charge on any atom is 0.417 e. The Kier molecular flexibility index (Phi) is 6.22. The van der Waals surface area contributed by atoms with E-state index in [1.165, 1.54) is 0 Å². The van der Waals surface area contributed by atoms with E-state index in [2.05, 4.69) is 34.3 Å². The number of aromatic nitrogens is 1. The molecule has 168 valence electrons. The van der Waals surface area contributed by atoms with Gasteiger partial charge >= 0.3 is 12.3 Å². The van der Waals surface area contributed by atoms with Crippen LogP contribution in [0.4, 0.5) is 23.8 Å². The summed E-state index contributed by atoms with van der Waals surface area (Å²) in [5.41, 5.74) is 9.18. The summed E-state index contributed by atoms with van der Waals surface area (Å²) < 4.78 is 43.8. The van der Waals surface area contributed by atoms with Crippen molar-refractivity contribution in [2.45, 2.75) is 18.5 Å². The molecule has 1 aromatic heterocycles. The molecule has 0 atom stereocenters. The van der Waals surface area contributed by atoms with Crippen LogP contribution in [0.5, 0.6) is 0 Å². The van der Waals surface area contributed by atoms with Gasteiger partial charge in [0.05, 0.1) is 11.1 Å². The highest BCUT2D eigenvalue weighted by Crippen LogP contribution is 2.44. The van der Waals surface area contributed by atoms with Crippen molar-refractivity contribution in [3.05, 3.63) is 83.0 Å². The van der Waals surface area contributed by atoms with Crippen LogP contribution < -0.4 is 11.1 Å². The first-order valence-electron chi connectivity index (χ1n) is 10.2. The maximum absolute atomic E-state index is 12.8. The van der Waals surface area contributed by atoms with Crippen LogP contribution in [-0.4, -0.2) is 24.2 Å². The van der Waals surface area contributed by atoms with Crippen LogP contribution >= 0.6 is 0 Å². The number of carbonyl (C=O) groups is 1. The molecule has 33 heavy (non-hydrogen) atoms. The Labute approximate surface area is 188 Å². The third-order valence-corrected chi connectivity index (χ3v) is 5.33. The first-order valence-corrected chi connectivity index (χ1v) is 10.2. The molecule has 0 saturated carbocycles. The van der Waals surface area contributed by atoms with Gasteiger partial charge in [-0.25, -0.2) is 9.78 Å². The van der Waals surface area contributed by atoms with Crippen molar-refractivity contribution in [1.82, 2.24) is 10.3 Å². The summed E-state index contributed by atoms with van der Waals surface area (Å²) in [6.07, 6.45) is -4.24. The van der Waals surface area contributed by atoms with Gasteiger partial charge in [0.25, 0.3) is 0 Å². The summed E-state index contributed by atoms with van der Waals surface area (Å²) >= 11 is 0. The van der Waals surface area contributed by atoms with E-state index >= 15 is 0 Å². The summed E-state index contributed by atoms with van der Waals surface area (Å²) in [6.45, 7) is 0.369. The molecule has 1 aliphatic carbocycles. The minimum absolute atomic E-state index is 0.00837. The van der Waals surface area contributed by atoms with E-state index in [-0.39, 0.29) is 36.9 Å². The maximum atomic E-state index is 12.8. The summed E-state index contributed by atoms with van der Waals surface area (Å²) in [7, 11) is 0. The number of hydrogen-bond acceptors (Lipinski definition) is 4. The van der Waals surface area contributed by atoms with Crippen molar-refractivity contribution < 1.29 is 22.7 Å². The van der Waals surface area contributed by atoms with Crippen molar-refractivity contribution in [2.24, 2.45) is 0 Å². The van der Waals surface area contributed by atoms with Gasteiger partial charge in [-0.15, -0.1) is 0 Å². The zero-order chi connectivity index (χ0) is 23.4. The molecule has 0 spiro atoms. The van der Waals surface area contributed by atoms with Crippen molar-refractivity contribution in [2.75, 3.05) is 18.9 Å². The Morgan fingerprint density at radius 1 is 1.09 bits per heavy atom. The van der Waals surface area contributed by atoms with Gasteiger partial charge in [0, 0.05) is 25.1 Å². The molecule has 1 heterocycles. The number of nitrogens with one attached hydrogen (secondary N) is 1. The van der Waals surface area contributed by atoms with E-state index in [1.54, 1.807) is 0 Å². The molecule has 5 nitrogen and oxygen atoms in total. The molecule has 3 N–H and O–H groups in total. The number of nitrogen functional groups attached to an aromatic ring is 1. The number of pyridine rings is 1. The highest BCUT2D eigenvalue weighted by atomic mass is 19.4. The predicted molar refractivity (Wildman–Crippen MR) is 118 cm³/mol. The lowest BCUT2D eigenvalue weighted by Crippen LogP contribution is -2.26. The molecule has 0 bridgehead atoms. The lowest BCUT2D eigenvalue weighted by molar-refractivity contribution is -0.137. The third-order valence-electron chi connectivity index (χ3n) is 5.33. The number of anilines is 1. The van der Waals surface area contributed by atoms with Gasteiger partial charge in [-0.05, 0) is 28.3 Å². The summed E-state index contributed by atoms with van der Waals surface area (Å²) in [5.74, 6) is 5.13. The minimum atomic E-state index is -4.53. The minimum Gasteiger partial charge on any atom is -0.449 e. The molecule has 8 heteroatoms. The average molecular weight is 451 g/mol. The van der Waals surface area contributed by atoms with Gasteiger partial charge < -0.3 is 15.8 Å². The van der Waals surface area contributed by atoms with Gasteiger partial charge in [0.2, 0.25) is 0 Å². The van der Waals surface area contributed by atoms with Crippen LogP contribution in [0.3, 0.4) is 0 Å². The van der Waals surface area contributed by atoms with Crippen molar-refractivity contribution in [3.63, 3.8) is 0 Å². The second-order valence-corrected chi connectivity index (χ2v) is 7.46. The first kappa shape index (κ1) is 22.2. The molecular formula is C25H20F3N3O2. The highest BCUT2D eigenvalue weighted by molar-refractivity contribution is 5.79. The normalized spacial score (nSPS) is 12.3. The van der Waals surface area contributed by atoms with Gasteiger partial charge in [0.15, 0.2) is 0 Å². The number of nitrogens with zero attached hydrogens (tertiary/aromatic N) is 1. The van der Waals surface area contributed by atoms with E-state index in [0.29, 0.717) is 6.20 Å². The highest BCUT2D eigenvalue weighted by Gasteiger charge is 2.31. The standard InChI is InChI=1S/C25H20F3N3O2/c26-25(27,28)17-13-16(23(29)31-14-17)7-5-6-12-30-24(32)33-15-22-20-10-3-1-8-18(20)19-9-2-4-11-21(19)22/h1-4,8-11,13-14,22H,6,12,15H2,(H2,29,31)(H,30,32). The number of rotatable bonds is 4. The van der Waals surface area contributed by atoms with Crippen LogP contribution in [0.25, 0.3) is 11.1 Å². The molecule has 1 aliphatic rings. The number of hydrogen-bond donors (Lipinski definition) is 2. The molecule has 1 amide bonds. The zero-order valence-corrected chi connectivity index (χ0v) is 17.4.